The summed E-state index contributed by atoms with van der Waals surface area (Å²) in [5, 5.41) is 13.4. The van der Waals surface area contributed by atoms with E-state index in [0.29, 0.717) is 15.6 Å². The number of aromatic nitrogens is 2. The third kappa shape index (κ3) is 8.98. The molecule has 19 heteroatoms. The molecular formula is C31H42FN4O13P. The zero-order chi connectivity index (χ0) is 36.8. The summed E-state index contributed by atoms with van der Waals surface area (Å²) in [4.78, 5) is 64.7. The van der Waals surface area contributed by atoms with Gasteiger partial charge >= 0.3 is 31.5 Å². The van der Waals surface area contributed by atoms with Gasteiger partial charge in [0.05, 0.1) is 19.3 Å². The highest BCUT2D eigenvalue weighted by atomic mass is 31.2. The minimum atomic E-state index is -4.43. The maximum absolute atomic E-state index is 16.1. The fourth-order valence-corrected chi connectivity index (χ4v) is 6.85. The molecule has 4 rings (SSSR count). The molecule has 1 aromatic heterocycles. The lowest BCUT2D eigenvalue weighted by molar-refractivity contribution is -0.152. The van der Waals surface area contributed by atoms with Crippen LogP contribution in [0.3, 0.4) is 0 Å². The molecule has 0 spiro atoms. The highest BCUT2D eigenvalue weighted by molar-refractivity contribution is 7.52. The normalized spacial score (nSPS) is 25.2. The number of hydrogen-bond donors (Lipinski definition) is 2. The molecule has 0 aliphatic carbocycles. The first-order chi connectivity index (χ1) is 23.6. The number of esters is 2. The molecule has 2 unspecified atom stereocenters. The summed E-state index contributed by atoms with van der Waals surface area (Å²) in [7, 11) is -4.43. The molecule has 2 fully saturated rings. The highest BCUT2D eigenvalue weighted by Crippen LogP contribution is 2.47. The molecule has 276 valence electrons. The zero-order valence-electron chi connectivity index (χ0n) is 28.3. The number of alkyl halides is 1. The number of ether oxygens (including phenoxy) is 4. The average Bonchev–Trinajstić information content (AvgIpc) is 3.63. The van der Waals surface area contributed by atoms with E-state index >= 15 is 4.39 Å². The largest absolute Gasteiger partial charge is 0.462 e. The molecular weight excluding hydrogens is 686 g/mol. The number of rotatable bonds is 14. The van der Waals surface area contributed by atoms with Gasteiger partial charge in [0.25, 0.3) is 5.56 Å². The lowest BCUT2D eigenvalue weighted by atomic mass is 9.98. The Balaban J connectivity index is 1.50. The molecule has 0 saturated carbocycles. The van der Waals surface area contributed by atoms with Crippen LogP contribution in [-0.4, -0.2) is 93.0 Å². The predicted octanol–water partition coefficient (Wildman–Crippen LogP) is 2.25. The highest BCUT2D eigenvalue weighted by Gasteiger charge is 2.56. The van der Waals surface area contributed by atoms with Crippen molar-refractivity contribution in [3.8, 4) is 5.75 Å². The number of carbonyl (C=O) groups excluding carboxylic acids is 3. The Labute approximate surface area is 286 Å². The first kappa shape index (κ1) is 38.7. The SMILES string of the molecule is CCOC(=O)N1CCCC1C(=O)OCn1c(=O)ccn([C@@H]2O[C@H](COP(=O)(N[C@@H](C)C(=O)OC(C)C)Oc3ccccc3)[C@@H](O)[C@@]2(C)F)c1=O. The van der Waals surface area contributed by atoms with Crippen molar-refractivity contribution in [3.63, 3.8) is 0 Å². The Kier molecular flexibility index (Phi) is 12.6. The average molecular weight is 729 g/mol. The molecule has 2 aliphatic heterocycles. The standard InChI is InChI=1S/C31H42FN4O13P/c1-6-44-30(42)34-15-10-13-22(34)27(40)45-18-36-24(37)14-16-35(29(36)41)28-31(5,32)25(38)23(48-28)17-46-50(43,49-21-11-8-7-9-12-21)33-20(4)26(39)47-19(2)3/h7-9,11-12,14,16,19-20,22-23,25,28,38H,6,10,13,15,17-18H2,1-5H3,(H,33,43)/t20-,22?,23+,25+,28+,31+,50?/m0/s1. The van der Waals surface area contributed by atoms with Crippen LogP contribution in [0.4, 0.5) is 9.18 Å². The maximum Gasteiger partial charge on any atom is 0.459 e. The van der Waals surface area contributed by atoms with E-state index < -0.39 is 92.7 Å². The summed E-state index contributed by atoms with van der Waals surface area (Å²) in [6.45, 7) is 5.95. The Bertz CT molecular complexity index is 1680. The number of halogens is 1. The Morgan fingerprint density at radius 1 is 1.14 bits per heavy atom. The summed E-state index contributed by atoms with van der Waals surface area (Å²) in [5.74, 6) is -1.53. The van der Waals surface area contributed by atoms with E-state index in [1.165, 1.54) is 24.0 Å². The Morgan fingerprint density at radius 2 is 1.84 bits per heavy atom. The van der Waals surface area contributed by atoms with Crippen LogP contribution in [0.1, 0.15) is 53.7 Å². The van der Waals surface area contributed by atoms with Crippen LogP contribution in [0.25, 0.3) is 0 Å². The van der Waals surface area contributed by atoms with Gasteiger partial charge in [0, 0.05) is 18.8 Å². The molecule has 3 heterocycles. The number of nitrogens with zero attached hydrogens (tertiary/aromatic N) is 3. The molecule has 0 radical (unpaired) electrons. The number of aliphatic hydroxyl groups is 1. The number of benzene rings is 1. The number of hydrogen-bond acceptors (Lipinski definition) is 13. The van der Waals surface area contributed by atoms with Gasteiger partial charge in [0.1, 0.15) is 30.0 Å². The molecule has 2 N–H and O–H groups in total. The quantitative estimate of drug-likeness (QED) is 0.163. The molecule has 2 saturated heterocycles. The molecule has 17 nitrogen and oxygen atoms in total. The molecule has 2 aliphatic rings. The van der Waals surface area contributed by atoms with E-state index in [9.17, 15) is 33.6 Å². The zero-order valence-corrected chi connectivity index (χ0v) is 29.2. The van der Waals surface area contributed by atoms with Crippen molar-refractivity contribution < 1.29 is 56.4 Å². The second-order valence-electron chi connectivity index (χ2n) is 12.1. The van der Waals surface area contributed by atoms with Crippen LogP contribution in [0.2, 0.25) is 0 Å². The van der Waals surface area contributed by atoms with Crippen molar-refractivity contribution in [1.29, 1.82) is 0 Å². The van der Waals surface area contributed by atoms with E-state index in [0.717, 1.165) is 19.2 Å². The Morgan fingerprint density at radius 3 is 2.50 bits per heavy atom. The summed E-state index contributed by atoms with van der Waals surface area (Å²) >= 11 is 0. The van der Waals surface area contributed by atoms with Gasteiger partial charge in [-0.1, -0.05) is 18.2 Å². The third-order valence-corrected chi connectivity index (χ3v) is 9.51. The van der Waals surface area contributed by atoms with E-state index in [2.05, 4.69) is 5.09 Å². The van der Waals surface area contributed by atoms with E-state index in [1.807, 2.05) is 0 Å². The monoisotopic (exact) mass is 728 g/mol. The van der Waals surface area contributed by atoms with Crippen molar-refractivity contribution in [1.82, 2.24) is 19.1 Å². The van der Waals surface area contributed by atoms with Crippen molar-refractivity contribution >= 4 is 25.8 Å². The number of aliphatic hydroxyl groups excluding tert-OH is 1. The van der Waals surface area contributed by atoms with Gasteiger partial charge in [-0.15, -0.1) is 0 Å². The van der Waals surface area contributed by atoms with E-state index in [1.54, 1.807) is 39.0 Å². The lowest BCUT2D eigenvalue weighted by Gasteiger charge is -2.26. The van der Waals surface area contributed by atoms with Gasteiger partial charge in [0.15, 0.2) is 18.6 Å². The summed E-state index contributed by atoms with van der Waals surface area (Å²) in [5.41, 5.74) is -4.70. The third-order valence-electron chi connectivity index (χ3n) is 7.86. The number of para-hydroxylation sites is 1. The van der Waals surface area contributed by atoms with E-state index in [-0.39, 0.29) is 25.3 Å². The smallest absolute Gasteiger partial charge is 0.459 e. The molecule has 2 aromatic rings. The van der Waals surface area contributed by atoms with Crippen molar-refractivity contribution in [2.24, 2.45) is 0 Å². The van der Waals surface area contributed by atoms with Crippen LogP contribution < -0.4 is 20.9 Å². The van der Waals surface area contributed by atoms with Crippen LogP contribution in [0, 0.1) is 0 Å². The van der Waals surface area contributed by atoms with Crippen molar-refractivity contribution in [2.45, 2.75) is 96.5 Å². The summed E-state index contributed by atoms with van der Waals surface area (Å²) in [6.07, 6.45) is -4.76. The molecule has 7 atom stereocenters. The first-order valence-corrected chi connectivity index (χ1v) is 17.5. The minimum absolute atomic E-state index is 0.0974. The van der Waals surface area contributed by atoms with Crippen molar-refractivity contribution in [3.05, 3.63) is 63.4 Å². The van der Waals surface area contributed by atoms with Gasteiger partial charge in [0.2, 0.25) is 0 Å². The fourth-order valence-electron chi connectivity index (χ4n) is 5.35. The molecule has 0 bridgehead atoms. The first-order valence-electron chi connectivity index (χ1n) is 16.0. The van der Waals surface area contributed by atoms with Crippen LogP contribution in [-0.2, 0) is 44.4 Å². The van der Waals surface area contributed by atoms with Gasteiger partial charge < -0.3 is 28.6 Å². The lowest BCUT2D eigenvalue weighted by Crippen LogP contribution is -2.47. The molecule has 50 heavy (non-hydrogen) atoms. The van der Waals surface area contributed by atoms with Gasteiger partial charge in [-0.25, -0.2) is 27.9 Å². The predicted molar refractivity (Wildman–Crippen MR) is 172 cm³/mol. The second-order valence-corrected chi connectivity index (χ2v) is 13.8. The van der Waals surface area contributed by atoms with Crippen LogP contribution in [0.15, 0.2) is 52.2 Å². The Hall–Kier alpha value is -4.09. The fraction of sp³-hybridized carbons (Fsp3) is 0.581. The van der Waals surface area contributed by atoms with Gasteiger partial charge in [-0.3, -0.25) is 23.6 Å². The van der Waals surface area contributed by atoms with E-state index in [4.69, 9.17) is 28.0 Å². The van der Waals surface area contributed by atoms with Crippen LogP contribution in [0.5, 0.6) is 5.75 Å². The van der Waals surface area contributed by atoms with Gasteiger partial charge in [-0.2, -0.15) is 5.09 Å². The topological polar surface area (TPSA) is 203 Å². The van der Waals surface area contributed by atoms with Gasteiger partial charge in [-0.05, 0) is 59.6 Å². The minimum Gasteiger partial charge on any atom is -0.462 e. The number of carbonyl (C=O) groups is 3. The van der Waals surface area contributed by atoms with Crippen molar-refractivity contribution in [2.75, 3.05) is 19.8 Å². The summed E-state index contributed by atoms with van der Waals surface area (Å²) < 4.78 is 63.3. The van der Waals surface area contributed by atoms with Crippen LogP contribution >= 0.6 is 7.75 Å². The number of amides is 1. The number of nitrogens with one attached hydrogen (secondary N) is 1. The summed E-state index contributed by atoms with van der Waals surface area (Å²) in [6, 6.07) is 6.59. The second kappa shape index (κ2) is 16.3. The number of likely N-dealkylation sites (tertiary alicyclic amines) is 1. The molecule has 1 aromatic carbocycles. The maximum atomic E-state index is 16.1. The molecule has 1 amide bonds.